The Labute approximate surface area is 169 Å². The molecule has 0 aliphatic carbocycles. The first-order valence-corrected chi connectivity index (χ1v) is 10.2. The smallest absolute Gasteiger partial charge is 0.257 e. The molecule has 2 aromatic rings. The van der Waals surface area contributed by atoms with E-state index in [1.54, 1.807) is 30.3 Å². The average molecular weight is 397 g/mol. The molecule has 2 aromatic carbocycles. The quantitative estimate of drug-likeness (QED) is 0.761. The van der Waals surface area contributed by atoms with Gasteiger partial charge in [0, 0.05) is 18.0 Å². The minimum atomic E-state index is -0.496. The minimum absolute atomic E-state index is 0.135. The number of carbonyl (C=O) groups excluding carboxylic acids is 1. The van der Waals surface area contributed by atoms with Gasteiger partial charge < -0.3 is 0 Å². The van der Waals surface area contributed by atoms with Crippen molar-refractivity contribution in [2.24, 2.45) is 5.10 Å². The van der Waals surface area contributed by atoms with Crippen molar-refractivity contribution in [2.45, 2.75) is 44.7 Å². The summed E-state index contributed by atoms with van der Waals surface area (Å²) in [5.41, 5.74) is 1.86. The summed E-state index contributed by atoms with van der Waals surface area (Å²) < 4.78 is 27.8. The van der Waals surface area contributed by atoms with Crippen molar-refractivity contribution in [3.8, 4) is 0 Å². The summed E-state index contributed by atoms with van der Waals surface area (Å²) in [6.45, 7) is 3.30. The maximum Gasteiger partial charge on any atom is 0.257 e. The molecule has 0 spiro atoms. The summed E-state index contributed by atoms with van der Waals surface area (Å²) in [4.78, 5) is 15.4. The van der Waals surface area contributed by atoms with Gasteiger partial charge in [-0.3, -0.25) is 9.69 Å². The van der Waals surface area contributed by atoms with Crippen LogP contribution in [0.25, 0.3) is 0 Å². The zero-order valence-electron chi connectivity index (χ0n) is 16.5. The van der Waals surface area contributed by atoms with Crippen LogP contribution in [0.3, 0.4) is 0 Å². The largest absolute Gasteiger partial charge is 0.292 e. The maximum absolute atomic E-state index is 14.5. The van der Waals surface area contributed by atoms with E-state index in [-0.39, 0.29) is 24.1 Å². The van der Waals surface area contributed by atoms with E-state index < -0.39 is 6.04 Å². The molecule has 0 saturated carbocycles. The van der Waals surface area contributed by atoms with E-state index in [1.165, 1.54) is 29.6 Å². The van der Waals surface area contributed by atoms with E-state index >= 15 is 0 Å². The lowest BCUT2D eigenvalue weighted by molar-refractivity contribution is -0.135. The van der Waals surface area contributed by atoms with Gasteiger partial charge in [-0.1, -0.05) is 36.8 Å². The molecule has 2 heterocycles. The molecule has 4 rings (SSSR count). The van der Waals surface area contributed by atoms with Crippen molar-refractivity contribution in [2.75, 3.05) is 13.1 Å². The molecule has 2 atom stereocenters. The van der Waals surface area contributed by atoms with Gasteiger partial charge in [-0.15, -0.1) is 0 Å². The molecule has 0 radical (unpaired) electrons. The minimum Gasteiger partial charge on any atom is -0.292 e. The third-order valence-corrected chi connectivity index (χ3v) is 5.89. The lowest BCUT2D eigenvalue weighted by Crippen LogP contribution is -2.44. The van der Waals surface area contributed by atoms with Crippen LogP contribution in [0.15, 0.2) is 53.6 Å². The van der Waals surface area contributed by atoms with Crippen molar-refractivity contribution in [1.82, 2.24) is 9.91 Å². The van der Waals surface area contributed by atoms with Crippen LogP contribution in [0.4, 0.5) is 8.78 Å². The Hall–Kier alpha value is -2.60. The molecule has 1 amide bonds. The van der Waals surface area contributed by atoms with Crippen LogP contribution in [0.1, 0.15) is 49.8 Å². The molecule has 2 aliphatic heterocycles. The Morgan fingerprint density at radius 1 is 1.10 bits per heavy atom. The Balaban J connectivity index is 1.62. The molecule has 2 aliphatic rings. The monoisotopic (exact) mass is 397 g/mol. The van der Waals surface area contributed by atoms with Gasteiger partial charge in [0.2, 0.25) is 0 Å². The van der Waals surface area contributed by atoms with Crippen LogP contribution in [-0.2, 0) is 4.79 Å². The molecule has 152 valence electrons. The molecular formula is C23H25F2N3O. The molecule has 0 N–H and O–H groups in total. The van der Waals surface area contributed by atoms with E-state index in [4.69, 9.17) is 0 Å². The highest BCUT2D eigenvalue weighted by Gasteiger charge is 2.35. The molecular weight excluding hydrogens is 372 g/mol. The summed E-state index contributed by atoms with van der Waals surface area (Å²) in [6.07, 6.45) is 3.74. The van der Waals surface area contributed by atoms with Crippen LogP contribution in [0.5, 0.6) is 0 Å². The van der Waals surface area contributed by atoms with Gasteiger partial charge in [0.15, 0.2) is 0 Å². The van der Waals surface area contributed by atoms with E-state index in [0.29, 0.717) is 23.7 Å². The van der Waals surface area contributed by atoms with E-state index in [2.05, 4.69) is 16.9 Å². The van der Waals surface area contributed by atoms with Crippen LogP contribution in [0, 0.1) is 11.6 Å². The number of likely N-dealkylation sites (tertiary alicyclic amines) is 1. The van der Waals surface area contributed by atoms with Crippen molar-refractivity contribution in [3.05, 3.63) is 71.3 Å². The average Bonchev–Trinajstić information content (AvgIpc) is 3.16. The number of halogens is 2. The fraction of sp³-hybridized carbons (Fsp3) is 0.391. The number of hydrogen-bond donors (Lipinski definition) is 0. The van der Waals surface area contributed by atoms with Gasteiger partial charge in [0.1, 0.15) is 11.6 Å². The lowest BCUT2D eigenvalue weighted by atomic mass is 9.98. The zero-order chi connectivity index (χ0) is 20.4. The Kier molecular flexibility index (Phi) is 5.72. The fourth-order valence-electron chi connectivity index (χ4n) is 4.18. The molecule has 1 saturated heterocycles. The van der Waals surface area contributed by atoms with Crippen molar-refractivity contribution in [1.29, 1.82) is 0 Å². The zero-order valence-corrected chi connectivity index (χ0v) is 16.5. The second-order valence-electron chi connectivity index (χ2n) is 7.85. The number of nitrogens with zero attached hydrogens (tertiary/aromatic N) is 3. The first-order valence-electron chi connectivity index (χ1n) is 10.2. The highest BCUT2D eigenvalue weighted by Crippen LogP contribution is 2.34. The molecule has 4 nitrogen and oxygen atoms in total. The van der Waals surface area contributed by atoms with E-state index in [0.717, 1.165) is 24.9 Å². The third kappa shape index (κ3) is 4.22. The predicted octanol–water partition coefficient (Wildman–Crippen LogP) is 4.52. The second-order valence-corrected chi connectivity index (χ2v) is 7.85. The summed E-state index contributed by atoms with van der Waals surface area (Å²) in [5.74, 6) is -0.814. The molecule has 29 heavy (non-hydrogen) atoms. The standard InChI is InChI=1S/C23H25F2N3O/c1-16-6-4-5-13-27(16)15-23(29)28-22(19-7-2-3-8-20(19)25)14-21(26-28)17-9-11-18(24)12-10-17/h2-3,7-12,16,22H,4-6,13-15H2,1H3/t16-,22-/m1/s1. The number of hydrazone groups is 1. The number of benzene rings is 2. The topological polar surface area (TPSA) is 35.9 Å². The van der Waals surface area contributed by atoms with Gasteiger partial charge in [-0.2, -0.15) is 5.10 Å². The molecule has 0 bridgehead atoms. The summed E-state index contributed by atoms with van der Waals surface area (Å²) >= 11 is 0. The predicted molar refractivity (Wildman–Crippen MR) is 108 cm³/mol. The fourth-order valence-corrected chi connectivity index (χ4v) is 4.18. The van der Waals surface area contributed by atoms with Crippen molar-refractivity contribution < 1.29 is 13.6 Å². The van der Waals surface area contributed by atoms with Gasteiger partial charge in [-0.25, -0.2) is 13.8 Å². The highest BCUT2D eigenvalue weighted by atomic mass is 19.1. The highest BCUT2D eigenvalue weighted by molar-refractivity contribution is 6.03. The maximum atomic E-state index is 14.5. The van der Waals surface area contributed by atoms with E-state index in [9.17, 15) is 13.6 Å². The SMILES string of the molecule is C[C@@H]1CCCCN1CC(=O)N1N=C(c2ccc(F)cc2)C[C@@H]1c1ccccc1F. The number of amides is 1. The molecule has 1 fully saturated rings. The van der Waals surface area contributed by atoms with Gasteiger partial charge in [0.25, 0.3) is 5.91 Å². The number of hydrogen-bond acceptors (Lipinski definition) is 3. The normalized spacial score (nSPS) is 22.6. The Morgan fingerprint density at radius 3 is 2.59 bits per heavy atom. The van der Waals surface area contributed by atoms with Crippen LogP contribution in [0.2, 0.25) is 0 Å². The molecule has 0 aromatic heterocycles. The molecule has 6 heteroatoms. The van der Waals surface area contributed by atoms with Gasteiger partial charge in [-0.05, 0) is 50.1 Å². The molecule has 0 unspecified atom stereocenters. The first-order chi connectivity index (χ1) is 14.0. The Bertz CT molecular complexity index is 913. The summed E-state index contributed by atoms with van der Waals surface area (Å²) in [5, 5.41) is 5.99. The number of rotatable bonds is 4. The summed E-state index contributed by atoms with van der Waals surface area (Å²) in [7, 11) is 0. The lowest BCUT2D eigenvalue weighted by Gasteiger charge is -2.34. The van der Waals surface area contributed by atoms with Crippen molar-refractivity contribution >= 4 is 11.6 Å². The van der Waals surface area contributed by atoms with Crippen molar-refractivity contribution in [3.63, 3.8) is 0 Å². The van der Waals surface area contributed by atoms with Crippen LogP contribution in [-0.4, -0.2) is 40.7 Å². The number of piperidine rings is 1. The van der Waals surface area contributed by atoms with Gasteiger partial charge >= 0.3 is 0 Å². The van der Waals surface area contributed by atoms with Crippen LogP contribution < -0.4 is 0 Å². The second kappa shape index (κ2) is 8.41. The van der Waals surface area contributed by atoms with E-state index in [1.807, 2.05) is 0 Å². The Morgan fingerprint density at radius 2 is 1.86 bits per heavy atom. The van der Waals surface area contributed by atoms with Crippen LogP contribution >= 0.6 is 0 Å². The van der Waals surface area contributed by atoms with Gasteiger partial charge in [0.05, 0.1) is 18.3 Å². The number of carbonyl (C=O) groups is 1. The first kappa shape index (κ1) is 19.7. The third-order valence-electron chi connectivity index (χ3n) is 5.89. The summed E-state index contributed by atoms with van der Waals surface area (Å²) in [6, 6.07) is 12.4.